The normalized spacial score (nSPS) is 23.3. The van der Waals surface area contributed by atoms with Crippen LogP contribution in [0.15, 0.2) is 49.8 Å². The van der Waals surface area contributed by atoms with Crippen LogP contribution in [-0.4, -0.2) is 30.7 Å². The summed E-state index contributed by atoms with van der Waals surface area (Å²) in [6.45, 7) is 2.11. The molecule has 12 heteroatoms. The van der Waals surface area contributed by atoms with Gasteiger partial charge in [-0.05, 0) is 54.1 Å². The minimum absolute atomic E-state index is 0.0618. The number of nitrogens with one attached hydrogen (secondary N) is 1. The molecule has 1 amide bonds. The van der Waals surface area contributed by atoms with E-state index in [4.69, 9.17) is 32.9 Å². The van der Waals surface area contributed by atoms with Gasteiger partial charge in [0.25, 0.3) is 11.5 Å². The van der Waals surface area contributed by atoms with Gasteiger partial charge in [-0.15, -0.1) is 0 Å². The highest BCUT2D eigenvalue weighted by molar-refractivity contribution is 14.1. The highest BCUT2D eigenvalue weighted by Crippen LogP contribution is 2.50. The smallest absolute Gasteiger partial charge is 0.395 e. The zero-order chi connectivity index (χ0) is 23.5. The van der Waals surface area contributed by atoms with E-state index in [-0.39, 0.29) is 21.3 Å². The Kier molecular flexibility index (Phi) is 7.77. The number of oxime groups is 2. The van der Waals surface area contributed by atoms with Gasteiger partial charge in [0, 0.05) is 37.1 Å². The van der Waals surface area contributed by atoms with Gasteiger partial charge in [0.05, 0.1) is 5.71 Å². The van der Waals surface area contributed by atoms with Gasteiger partial charge in [0.15, 0.2) is 0 Å². The van der Waals surface area contributed by atoms with Crippen molar-refractivity contribution < 1.29 is 27.6 Å². The van der Waals surface area contributed by atoms with Crippen LogP contribution < -0.4 is 5.32 Å². The molecule has 2 aliphatic rings. The topological polar surface area (TPSA) is 72.3 Å². The fraction of sp³-hybridized carbons (Fsp3) is 0.350. The van der Waals surface area contributed by atoms with Gasteiger partial charge in [0.2, 0.25) is 0 Å². The molecule has 1 heterocycles. The van der Waals surface area contributed by atoms with E-state index in [1.54, 1.807) is 19.1 Å². The van der Waals surface area contributed by atoms with Gasteiger partial charge in [-0.2, -0.15) is 13.2 Å². The van der Waals surface area contributed by atoms with Crippen LogP contribution in [0, 0.1) is 5.92 Å². The van der Waals surface area contributed by atoms with Crippen LogP contribution in [0.4, 0.5) is 13.2 Å². The van der Waals surface area contributed by atoms with Crippen LogP contribution in [0.2, 0.25) is 10.0 Å². The van der Waals surface area contributed by atoms with Crippen molar-refractivity contribution in [1.82, 2.24) is 5.32 Å². The van der Waals surface area contributed by atoms with Crippen molar-refractivity contribution in [2.75, 3.05) is 6.61 Å². The summed E-state index contributed by atoms with van der Waals surface area (Å²) in [5.41, 5.74) is -2.32. The Morgan fingerprint density at radius 3 is 2.69 bits per heavy atom. The lowest BCUT2D eigenvalue weighted by Gasteiger charge is -2.30. The van der Waals surface area contributed by atoms with Crippen molar-refractivity contribution in [2.24, 2.45) is 16.2 Å². The largest absolute Gasteiger partial charge is 0.435 e. The predicted octanol–water partition coefficient (Wildman–Crippen LogP) is 5.89. The molecule has 1 aliphatic carbocycles. The molecular formula is C20H17Cl2F3IN3O3. The molecule has 1 aromatic rings. The van der Waals surface area contributed by atoms with E-state index in [9.17, 15) is 18.0 Å². The first-order chi connectivity index (χ1) is 15.1. The van der Waals surface area contributed by atoms with E-state index < -0.39 is 30.0 Å². The lowest BCUT2D eigenvalue weighted by Crippen LogP contribution is -2.43. The molecular weight excluding hydrogens is 585 g/mol. The van der Waals surface area contributed by atoms with Gasteiger partial charge < -0.3 is 15.0 Å². The lowest BCUT2D eigenvalue weighted by atomic mass is 9.82. The summed E-state index contributed by atoms with van der Waals surface area (Å²) in [5.74, 6) is -0.871. The van der Waals surface area contributed by atoms with Crippen molar-refractivity contribution in [3.63, 3.8) is 0 Å². The number of hydrogen-bond acceptors (Lipinski definition) is 5. The Morgan fingerprint density at radius 1 is 1.41 bits per heavy atom. The molecule has 1 N–H and O–H groups in total. The minimum Gasteiger partial charge on any atom is -0.395 e. The maximum atomic E-state index is 14.1. The van der Waals surface area contributed by atoms with Crippen molar-refractivity contribution in [1.29, 1.82) is 0 Å². The minimum atomic E-state index is -4.77. The second kappa shape index (κ2) is 10.0. The lowest BCUT2D eigenvalue weighted by molar-refractivity contribution is -0.275. The third-order valence-electron chi connectivity index (χ3n) is 4.85. The SMILES string of the molecule is CCO/N=C\NC(=O)C1=C(I)CC(C2=NOC(c3cc(Cl)cc(Cl)c3)(C(F)(F)F)C2)C=C1. The Labute approximate surface area is 205 Å². The second-order valence-electron chi connectivity index (χ2n) is 6.95. The van der Waals surface area contributed by atoms with Crippen LogP contribution in [0.1, 0.15) is 25.3 Å². The summed E-state index contributed by atoms with van der Waals surface area (Å²) in [6.07, 6.45) is -0.671. The first kappa shape index (κ1) is 24.8. The van der Waals surface area contributed by atoms with Gasteiger partial charge in [0.1, 0.15) is 12.9 Å². The van der Waals surface area contributed by atoms with Crippen LogP contribution in [0.5, 0.6) is 0 Å². The second-order valence-corrected chi connectivity index (χ2v) is 9.12. The number of amides is 1. The molecule has 0 saturated heterocycles. The molecule has 0 radical (unpaired) electrons. The number of carbonyl (C=O) groups excluding carboxylic acids is 1. The molecule has 0 fully saturated rings. The molecule has 32 heavy (non-hydrogen) atoms. The number of allylic oxidation sites excluding steroid dienone is 2. The van der Waals surface area contributed by atoms with Crippen LogP contribution >= 0.6 is 45.8 Å². The van der Waals surface area contributed by atoms with Crippen molar-refractivity contribution in [3.05, 3.63) is 55.1 Å². The predicted molar refractivity (Wildman–Crippen MR) is 124 cm³/mol. The first-order valence-corrected chi connectivity index (χ1v) is 11.2. The van der Waals surface area contributed by atoms with Crippen LogP contribution in [0.25, 0.3) is 0 Å². The van der Waals surface area contributed by atoms with Gasteiger partial charge in [-0.1, -0.05) is 45.7 Å². The highest BCUT2D eigenvalue weighted by Gasteiger charge is 2.62. The Balaban J connectivity index is 1.78. The molecule has 1 aliphatic heterocycles. The average molecular weight is 602 g/mol. The number of nitrogens with zero attached hydrogens (tertiary/aromatic N) is 2. The number of hydrogen-bond donors (Lipinski definition) is 1. The molecule has 2 atom stereocenters. The number of alkyl halides is 3. The number of rotatable bonds is 6. The summed E-state index contributed by atoms with van der Waals surface area (Å²) >= 11 is 13.8. The molecule has 0 aromatic heterocycles. The third kappa shape index (κ3) is 5.23. The number of halogens is 6. The Hall–Kier alpha value is -1.79. The molecule has 1 aromatic carbocycles. The Morgan fingerprint density at radius 2 is 2.09 bits per heavy atom. The van der Waals surface area contributed by atoms with Gasteiger partial charge >= 0.3 is 6.18 Å². The molecule has 0 saturated carbocycles. The summed E-state index contributed by atoms with van der Waals surface area (Å²) < 4.78 is 43.1. The van der Waals surface area contributed by atoms with Crippen LogP contribution in [0.3, 0.4) is 0 Å². The van der Waals surface area contributed by atoms with Crippen molar-refractivity contribution in [3.8, 4) is 0 Å². The average Bonchev–Trinajstić information content (AvgIpc) is 3.17. The van der Waals surface area contributed by atoms with Crippen LogP contribution in [-0.2, 0) is 20.1 Å². The fourth-order valence-electron chi connectivity index (χ4n) is 3.29. The molecule has 6 nitrogen and oxygen atoms in total. The van der Waals surface area contributed by atoms with E-state index in [2.05, 4.69) is 15.6 Å². The molecule has 3 rings (SSSR count). The summed E-state index contributed by atoms with van der Waals surface area (Å²) in [6, 6.07) is 3.69. The van der Waals surface area contributed by atoms with Gasteiger partial charge in [-0.3, -0.25) is 4.79 Å². The van der Waals surface area contributed by atoms with E-state index in [0.717, 1.165) is 6.34 Å². The molecule has 0 bridgehead atoms. The van der Waals surface area contributed by atoms with Crippen molar-refractivity contribution >= 4 is 63.8 Å². The standard InChI is InChI=1S/C20H17Cl2F3IN3O3/c1-2-31-28-10-27-18(30)15-4-3-11(5-16(15)26)17-9-19(32-29-17,20(23,24)25)12-6-13(21)8-14(22)7-12/h3-4,6-8,10-11H,2,5,9H2,1H3,(H,27,28,30). The summed E-state index contributed by atoms with van der Waals surface area (Å²) in [7, 11) is 0. The Bertz CT molecular complexity index is 1010. The van der Waals surface area contributed by atoms with E-state index in [1.165, 1.54) is 18.2 Å². The van der Waals surface area contributed by atoms with E-state index in [0.29, 0.717) is 22.2 Å². The number of carbonyl (C=O) groups is 1. The van der Waals surface area contributed by atoms with Gasteiger partial charge in [-0.25, -0.2) is 0 Å². The van der Waals surface area contributed by atoms with E-state index in [1.807, 2.05) is 22.6 Å². The maximum Gasteiger partial charge on any atom is 0.435 e. The molecule has 2 unspecified atom stereocenters. The quantitative estimate of drug-likeness (QED) is 0.191. The first-order valence-electron chi connectivity index (χ1n) is 9.37. The summed E-state index contributed by atoms with van der Waals surface area (Å²) in [5, 5.41) is 9.92. The zero-order valence-corrected chi connectivity index (χ0v) is 20.2. The van der Waals surface area contributed by atoms with E-state index >= 15 is 0 Å². The monoisotopic (exact) mass is 601 g/mol. The number of benzene rings is 1. The highest BCUT2D eigenvalue weighted by atomic mass is 127. The molecule has 172 valence electrons. The summed E-state index contributed by atoms with van der Waals surface area (Å²) in [4.78, 5) is 22.1. The third-order valence-corrected chi connectivity index (χ3v) is 6.30. The molecule has 0 spiro atoms. The maximum absolute atomic E-state index is 14.1. The fourth-order valence-corrected chi connectivity index (χ4v) is 4.71. The zero-order valence-electron chi connectivity index (χ0n) is 16.5. The van der Waals surface area contributed by atoms with Crippen molar-refractivity contribution in [2.45, 2.75) is 31.5 Å².